The number of thiol groups is 1. The van der Waals surface area contributed by atoms with Crippen LogP contribution in [0.1, 0.15) is 79.4 Å². The summed E-state index contributed by atoms with van der Waals surface area (Å²) in [5.74, 6) is 0.529. The zero-order valence-corrected chi connectivity index (χ0v) is 21.2. The number of carbonyl (C=O) groups excluding carboxylic acids is 1. The van der Waals surface area contributed by atoms with E-state index >= 15 is 0 Å². The van der Waals surface area contributed by atoms with Crippen molar-refractivity contribution in [1.82, 2.24) is 0 Å². The van der Waals surface area contributed by atoms with Gasteiger partial charge in [-0.15, -0.1) is 0 Å². The SMILES string of the molecule is C=C1CC(C)C1.Cc1cc([B]OC(C)(C)C(C)(C)S)ccc1C(C)(O)C(=O)C(C)C. The standard InChI is InChI=1S/C19H30BO3S.C6H10/c1-12(2)16(21)19(8,22)15-10-9-14(11-13(15)3)20-23-17(4,5)18(6,7)24;1-5-3-6(2)4-5/h9-12,22,24H,1-8H3;6H,1,3-4H2,2H3. The molecule has 1 N–H and O–H groups in total. The molecule has 3 nitrogen and oxygen atoms in total. The second kappa shape index (κ2) is 10.1. The number of rotatable bonds is 7. The fourth-order valence-electron chi connectivity index (χ4n) is 3.29. The van der Waals surface area contributed by atoms with E-state index < -0.39 is 11.2 Å². The van der Waals surface area contributed by atoms with E-state index in [0.717, 1.165) is 16.9 Å². The number of ketones is 1. The molecule has 1 radical (unpaired) electrons. The second-order valence-electron chi connectivity index (χ2n) is 10.2. The molecule has 1 saturated carbocycles. The molecule has 30 heavy (non-hydrogen) atoms. The zero-order valence-electron chi connectivity index (χ0n) is 20.3. The third-order valence-corrected chi connectivity index (χ3v) is 6.55. The normalized spacial score (nSPS) is 17.0. The lowest BCUT2D eigenvalue weighted by Gasteiger charge is -2.38. The van der Waals surface area contributed by atoms with Crippen LogP contribution in [0.15, 0.2) is 30.4 Å². The Kier molecular flexibility index (Phi) is 9.05. The summed E-state index contributed by atoms with van der Waals surface area (Å²) < 4.78 is 5.62. The highest BCUT2D eigenvalue weighted by atomic mass is 32.1. The Balaban J connectivity index is 0.000000637. The molecule has 5 heteroatoms. The van der Waals surface area contributed by atoms with E-state index in [4.69, 9.17) is 4.65 Å². The Morgan fingerprint density at radius 3 is 2.10 bits per heavy atom. The summed E-state index contributed by atoms with van der Waals surface area (Å²) in [7, 11) is 1.70. The molecule has 0 aliphatic heterocycles. The van der Waals surface area contributed by atoms with Crippen LogP contribution < -0.4 is 5.46 Å². The van der Waals surface area contributed by atoms with E-state index in [1.165, 1.54) is 18.4 Å². The molecule has 0 spiro atoms. The molecular formula is C25H40BO3S. The number of allylic oxidation sites excluding steroid dienone is 1. The van der Waals surface area contributed by atoms with Crippen molar-refractivity contribution in [3.8, 4) is 0 Å². The van der Waals surface area contributed by atoms with Gasteiger partial charge in [0.1, 0.15) is 5.60 Å². The molecular weight excluding hydrogens is 391 g/mol. The van der Waals surface area contributed by atoms with Crippen LogP contribution >= 0.6 is 12.6 Å². The van der Waals surface area contributed by atoms with Crippen molar-refractivity contribution in [2.75, 3.05) is 0 Å². The Morgan fingerprint density at radius 2 is 1.77 bits per heavy atom. The number of hydrogen-bond donors (Lipinski definition) is 2. The summed E-state index contributed by atoms with van der Waals surface area (Å²) in [6.45, 7) is 21.1. The predicted octanol–water partition coefficient (Wildman–Crippen LogP) is 5.15. The first-order valence-corrected chi connectivity index (χ1v) is 11.2. The van der Waals surface area contributed by atoms with Gasteiger partial charge >= 0.3 is 7.48 Å². The summed E-state index contributed by atoms with van der Waals surface area (Å²) in [4.78, 5) is 12.3. The molecule has 0 heterocycles. The fourth-order valence-corrected chi connectivity index (χ4v) is 3.34. The first-order chi connectivity index (χ1) is 13.5. The van der Waals surface area contributed by atoms with Crippen molar-refractivity contribution in [2.45, 2.75) is 91.1 Å². The van der Waals surface area contributed by atoms with E-state index in [1.54, 1.807) is 34.3 Å². The number of aryl methyl sites for hydroxylation is 1. The van der Waals surface area contributed by atoms with Gasteiger partial charge in [0.2, 0.25) is 0 Å². The minimum atomic E-state index is -1.48. The lowest BCUT2D eigenvalue weighted by atomic mass is 9.79. The molecule has 0 bridgehead atoms. The molecule has 1 aliphatic rings. The van der Waals surface area contributed by atoms with Gasteiger partial charge in [-0.1, -0.05) is 56.6 Å². The van der Waals surface area contributed by atoms with Gasteiger partial charge in [0.15, 0.2) is 5.78 Å². The molecule has 1 atom stereocenters. The van der Waals surface area contributed by atoms with Crippen LogP contribution in [0, 0.1) is 18.8 Å². The highest BCUT2D eigenvalue weighted by Crippen LogP contribution is 2.31. The molecule has 167 valence electrons. The summed E-state index contributed by atoms with van der Waals surface area (Å²) >= 11 is 4.58. The van der Waals surface area contributed by atoms with Gasteiger partial charge in [-0.3, -0.25) is 4.79 Å². The monoisotopic (exact) mass is 431 g/mol. The summed E-state index contributed by atoms with van der Waals surface area (Å²) in [6, 6.07) is 5.56. The van der Waals surface area contributed by atoms with E-state index in [0.29, 0.717) is 5.56 Å². The maximum atomic E-state index is 12.3. The topological polar surface area (TPSA) is 46.5 Å². The van der Waals surface area contributed by atoms with E-state index in [9.17, 15) is 9.90 Å². The van der Waals surface area contributed by atoms with Crippen molar-refractivity contribution >= 4 is 31.4 Å². The van der Waals surface area contributed by atoms with Crippen molar-refractivity contribution in [3.63, 3.8) is 0 Å². The fraction of sp³-hybridized carbons (Fsp3) is 0.640. The van der Waals surface area contributed by atoms with Crippen LogP contribution in [0.2, 0.25) is 0 Å². The van der Waals surface area contributed by atoms with E-state index in [-0.39, 0.29) is 16.4 Å². The van der Waals surface area contributed by atoms with Gasteiger partial charge in [0.05, 0.1) is 5.60 Å². The van der Waals surface area contributed by atoms with Crippen LogP contribution in [-0.4, -0.2) is 28.7 Å². The highest BCUT2D eigenvalue weighted by Gasteiger charge is 2.36. The van der Waals surface area contributed by atoms with Crippen LogP contribution in [0.5, 0.6) is 0 Å². The first-order valence-electron chi connectivity index (χ1n) is 10.8. The molecule has 1 fully saturated rings. The largest absolute Gasteiger partial charge is 0.428 e. The Labute approximate surface area is 190 Å². The molecule has 1 aromatic carbocycles. The zero-order chi connectivity index (χ0) is 23.5. The average Bonchev–Trinajstić information content (AvgIpc) is 2.57. The van der Waals surface area contributed by atoms with Gasteiger partial charge in [-0.25, -0.2) is 0 Å². The van der Waals surface area contributed by atoms with Gasteiger partial charge < -0.3 is 9.76 Å². The van der Waals surface area contributed by atoms with Crippen LogP contribution in [0.25, 0.3) is 0 Å². The van der Waals surface area contributed by atoms with Gasteiger partial charge in [-0.05, 0) is 71.4 Å². The summed E-state index contributed by atoms with van der Waals surface area (Å²) in [6.07, 6.45) is 2.56. The Hall–Kier alpha value is -1.04. The quantitative estimate of drug-likeness (QED) is 0.357. The number of Topliss-reactive ketones (excluding diaryl/α,β-unsaturated/α-hetero) is 1. The van der Waals surface area contributed by atoms with E-state index in [2.05, 4.69) is 26.1 Å². The predicted molar refractivity (Wildman–Crippen MR) is 132 cm³/mol. The molecule has 1 aromatic rings. The second-order valence-corrected chi connectivity index (χ2v) is 11.4. The summed E-state index contributed by atoms with van der Waals surface area (Å²) in [5.41, 5.74) is 1.88. The highest BCUT2D eigenvalue weighted by molar-refractivity contribution is 7.81. The van der Waals surface area contributed by atoms with Gasteiger partial charge in [0, 0.05) is 10.7 Å². The average molecular weight is 431 g/mol. The number of carbonyl (C=O) groups is 1. The van der Waals surface area contributed by atoms with Crippen molar-refractivity contribution in [1.29, 1.82) is 0 Å². The summed E-state index contributed by atoms with van der Waals surface area (Å²) in [5, 5.41) is 10.7. The van der Waals surface area contributed by atoms with Crippen LogP contribution in [-0.2, 0) is 15.0 Å². The van der Waals surface area contributed by atoms with Crippen molar-refractivity contribution in [3.05, 3.63) is 41.5 Å². The minimum absolute atomic E-state index is 0.184. The lowest BCUT2D eigenvalue weighted by Crippen LogP contribution is -2.45. The smallest absolute Gasteiger partial charge is 0.330 e. The minimum Gasteiger partial charge on any atom is -0.428 e. The number of benzene rings is 1. The maximum Gasteiger partial charge on any atom is 0.330 e. The Morgan fingerprint density at radius 1 is 1.23 bits per heavy atom. The number of hydrogen-bond acceptors (Lipinski definition) is 4. The van der Waals surface area contributed by atoms with E-state index in [1.807, 2.05) is 46.8 Å². The maximum absolute atomic E-state index is 12.3. The third kappa shape index (κ3) is 7.00. The molecule has 1 unspecified atom stereocenters. The Bertz CT molecular complexity index is 752. The van der Waals surface area contributed by atoms with Crippen LogP contribution in [0.3, 0.4) is 0 Å². The molecule has 1 aliphatic carbocycles. The number of aliphatic hydroxyl groups is 1. The molecule has 2 rings (SSSR count). The third-order valence-electron chi connectivity index (χ3n) is 6.02. The van der Waals surface area contributed by atoms with Crippen molar-refractivity contribution in [2.24, 2.45) is 11.8 Å². The van der Waals surface area contributed by atoms with Crippen LogP contribution in [0.4, 0.5) is 0 Å². The molecule has 0 aromatic heterocycles. The first kappa shape index (κ1) is 27.0. The van der Waals surface area contributed by atoms with Gasteiger partial charge in [0.25, 0.3) is 0 Å². The lowest BCUT2D eigenvalue weighted by molar-refractivity contribution is -0.139. The van der Waals surface area contributed by atoms with Crippen molar-refractivity contribution < 1.29 is 14.6 Å². The molecule has 0 saturated heterocycles. The van der Waals surface area contributed by atoms with Gasteiger partial charge in [-0.2, -0.15) is 12.6 Å². The molecule has 0 amide bonds.